The minimum absolute atomic E-state index is 0.106. The summed E-state index contributed by atoms with van der Waals surface area (Å²) in [5.41, 5.74) is 2.25. The van der Waals surface area contributed by atoms with Gasteiger partial charge in [-0.1, -0.05) is 30.3 Å². The maximum absolute atomic E-state index is 10.0. The Morgan fingerprint density at radius 1 is 1.08 bits per heavy atom. The second kappa shape index (κ2) is 10.2. The average molecular weight is 355 g/mol. The third-order valence-electron chi connectivity index (χ3n) is 3.97. The predicted molar refractivity (Wildman–Crippen MR) is 103 cm³/mol. The van der Waals surface area contributed by atoms with Crippen LogP contribution in [0.5, 0.6) is 11.5 Å². The molecule has 6 nitrogen and oxygen atoms in total. The van der Waals surface area contributed by atoms with E-state index in [1.807, 2.05) is 42.5 Å². The van der Waals surface area contributed by atoms with Gasteiger partial charge in [0.2, 0.25) is 0 Å². The van der Waals surface area contributed by atoms with Gasteiger partial charge in [-0.2, -0.15) is 0 Å². The minimum Gasteiger partial charge on any atom is -0.497 e. The van der Waals surface area contributed by atoms with Crippen LogP contribution in [0.3, 0.4) is 0 Å². The molecule has 138 valence electrons. The van der Waals surface area contributed by atoms with E-state index >= 15 is 0 Å². The Morgan fingerprint density at radius 2 is 1.85 bits per heavy atom. The highest BCUT2D eigenvalue weighted by Crippen LogP contribution is 2.21. The van der Waals surface area contributed by atoms with E-state index in [9.17, 15) is 5.11 Å². The normalized spacial score (nSPS) is 11.5. The van der Waals surface area contributed by atoms with Crippen molar-refractivity contribution in [3.8, 4) is 11.5 Å². The number of aryl methyl sites for hydroxylation is 2. The third kappa shape index (κ3) is 5.89. The van der Waals surface area contributed by atoms with Crippen molar-refractivity contribution in [3.63, 3.8) is 0 Å². The van der Waals surface area contributed by atoms with Gasteiger partial charge in [0.15, 0.2) is 0 Å². The van der Waals surface area contributed by atoms with Crippen LogP contribution in [0.25, 0.3) is 0 Å². The van der Waals surface area contributed by atoms with Gasteiger partial charge in [-0.05, 0) is 42.2 Å². The van der Waals surface area contributed by atoms with E-state index in [0.29, 0.717) is 0 Å². The van der Waals surface area contributed by atoms with Crippen molar-refractivity contribution in [2.24, 2.45) is 0 Å². The number of aliphatic hydroxyl groups is 1. The molecule has 0 bridgehead atoms. The van der Waals surface area contributed by atoms with Crippen molar-refractivity contribution in [1.29, 1.82) is 10.8 Å². The van der Waals surface area contributed by atoms with Crippen LogP contribution in [-0.4, -0.2) is 49.0 Å². The number of ether oxygens (including phenoxy) is 2. The number of nitrogens with one attached hydrogen (secondary N) is 2. The summed E-state index contributed by atoms with van der Waals surface area (Å²) >= 11 is 0. The molecule has 0 aliphatic rings. The molecule has 0 saturated heterocycles. The lowest BCUT2D eigenvalue weighted by molar-refractivity contribution is 0.0981. The summed E-state index contributed by atoms with van der Waals surface area (Å²) in [6, 6.07) is 15.8. The number of rotatable bonds is 11. The van der Waals surface area contributed by atoms with E-state index in [1.54, 1.807) is 7.11 Å². The van der Waals surface area contributed by atoms with Crippen molar-refractivity contribution in [2.45, 2.75) is 18.9 Å². The van der Waals surface area contributed by atoms with E-state index < -0.39 is 6.10 Å². The fourth-order valence-corrected chi connectivity index (χ4v) is 2.58. The molecule has 6 heteroatoms. The van der Waals surface area contributed by atoms with Crippen molar-refractivity contribution >= 4 is 12.7 Å². The van der Waals surface area contributed by atoms with Crippen LogP contribution in [-0.2, 0) is 12.8 Å². The molecule has 2 aromatic rings. The molecule has 3 N–H and O–H groups in total. The van der Waals surface area contributed by atoms with Crippen molar-refractivity contribution in [3.05, 3.63) is 59.7 Å². The lowest BCUT2D eigenvalue weighted by Crippen LogP contribution is -2.33. The van der Waals surface area contributed by atoms with Crippen LogP contribution < -0.4 is 9.47 Å². The molecule has 0 amide bonds. The highest BCUT2D eigenvalue weighted by molar-refractivity contribution is 5.71. The van der Waals surface area contributed by atoms with Gasteiger partial charge < -0.3 is 19.5 Å². The summed E-state index contributed by atoms with van der Waals surface area (Å²) in [5, 5.41) is 24.3. The van der Waals surface area contributed by atoms with Crippen molar-refractivity contribution in [2.75, 3.05) is 20.3 Å². The molecule has 0 radical (unpaired) electrons. The quantitative estimate of drug-likeness (QED) is 0.427. The Balaban J connectivity index is 1.94. The lowest BCUT2D eigenvalue weighted by Gasteiger charge is -2.19. The molecule has 2 aromatic carbocycles. The van der Waals surface area contributed by atoms with E-state index in [2.05, 4.69) is 6.07 Å². The fraction of sp³-hybridized carbons (Fsp3) is 0.300. The van der Waals surface area contributed by atoms with Gasteiger partial charge in [-0.3, -0.25) is 10.8 Å². The fourth-order valence-electron chi connectivity index (χ4n) is 2.58. The van der Waals surface area contributed by atoms with E-state index in [1.165, 1.54) is 10.5 Å². The zero-order valence-corrected chi connectivity index (χ0v) is 14.9. The Kier molecular flexibility index (Phi) is 7.64. The molecule has 26 heavy (non-hydrogen) atoms. The molecule has 1 unspecified atom stereocenters. The number of hydrogen-bond acceptors (Lipinski definition) is 5. The van der Waals surface area contributed by atoms with Crippen LogP contribution in [0.1, 0.15) is 11.1 Å². The molecule has 0 aromatic heterocycles. The largest absolute Gasteiger partial charge is 0.497 e. The highest BCUT2D eigenvalue weighted by atomic mass is 16.5. The second-order valence-corrected chi connectivity index (χ2v) is 5.88. The molecule has 2 rings (SSSR count). The first kappa shape index (κ1) is 19.5. The van der Waals surface area contributed by atoms with Crippen LogP contribution in [0.4, 0.5) is 0 Å². The van der Waals surface area contributed by atoms with Crippen molar-refractivity contribution in [1.82, 2.24) is 4.90 Å². The van der Waals surface area contributed by atoms with Crippen LogP contribution >= 0.6 is 0 Å². The highest BCUT2D eigenvalue weighted by Gasteiger charge is 2.10. The van der Waals surface area contributed by atoms with Gasteiger partial charge in [-0.15, -0.1) is 0 Å². The first-order valence-corrected chi connectivity index (χ1v) is 8.45. The van der Waals surface area contributed by atoms with Crippen LogP contribution in [0.15, 0.2) is 48.5 Å². The zero-order valence-electron chi connectivity index (χ0n) is 14.9. The maximum atomic E-state index is 10.0. The third-order valence-corrected chi connectivity index (χ3v) is 3.97. The average Bonchev–Trinajstić information content (AvgIpc) is 2.69. The summed E-state index contributed by atoms with van der Waals surface area (Å²) < 4.78 is 11.0. The Morgan fingerprint density at radius 3 is 2.58 bits per heavy atom. The molecule has 0 aliphatic heterocycles. The standard InChI is InChI=1S/C20H25N3O3/c1-25-19-7-4-5-16(11-19)9-10-17-6-2-3-8-20(17)26-13-18(24)12-23(14-21)15-22/h2-8,11,14-15,18,21-22,24H,9-10,12-13H2,1H3. The Hall–Kier alpha value is -2.86. The molecule has 1 atom stereocenters. The minimum atomic E-state index is -0.787. The summed E-state index contributed by atoms with van der Waals surface area (Å²) in [5.74, 6) is 1.59. The number of hydrogen-bond donors (Lipinski definition) is 3. The molecule has 0 fully saturated rings. The Labute approximate surface area is 154 Å². The molecule has 0 saturated carbocycles. The number of benzene rings is 2. The van der Waals surface area contributed by atoms with E-state index in [0.717, 1.165) is 42.6 Å². The monoisotopic (exact) mass is 355 g/mol. The molecule has 0 heterocycles. The van der Waals surface area contributed by atoms with Crippen LogP contribution in [0.2, 0.25) is 0 Å². The van der Waals surface area contributed by atoms with Gasteiger partial charge >= 0.3 is 0 Å². The molecule has 0 aliphatic carbocycles. The summed E-state index contributed by atoms with van der Waals surface area (Å²) in [6.07, 6.45) is 2.88. The van der Waals surface area contributed by atoms with Gasteiger partial charge in [0.1, 0.15) is 24.2 Å². The smallest absolute Gasteiger partial charge is 0.122 e. The van der Waals surface area contributed by atoms with Gasteiger partial charge in [0.05, 0.1) is 26.3 Å². The summed E-state index contributed by atoms with van der Waals surface area (Å²) in [7, 11) is 1.66. The number of para-hydroxylation sites is 1. The number of nitrogens with zero attached hydrogens (tertiary/aromatic N) is 1. The van der Waals surface area contributed by atoms with E-state index in [4.69, 9.17) is 20.3 Å². The molecular formula is C20H25N3O3. The first-order chi connectivity index (χ1) is 12.7. The second-order valence-electron chi connectivity index (χ2n) is 5.88. The maximum Gasteiger partial charge on any atom is 0.122 e. The van der Waals surface area contributed by atoms with Gasteiger partial charge in [0.25, 0.3) is 0 Å². The Bertz CT molecular complexity index is 713. The molecule has 0 spiro atoms. The van der Waals surface area contributed by atoms with Gasteiger partial charge in [-0.25, -0.2) is 0 Å². The SMILES string of the molecule is COc1cccc(CCc2ccccc2OCC(O)CN(C=N)C=N)c1. The zero-order chi connectivity index (χ0) is 18.8. The number of methoxy groups -OCH3 is 1. The predicted octanol–water partition coefficient (Wildman–Crippen LogP) is 2.74. The summed E-state index contributed by atoms with van der Waals surface area (Å²) in [4.78, 5) is 1.28. The molecular weight excluding hydrogens is 330 g/mol. The first-order valence-electron chi connectivity index (χ1n) is 8.45. The topological polar surface area (TPSA) is 89.6 Å². The number of aliphatic hydroxyl groups excluding tert-OH is 1. The van der Waals surface area contributed by atoms with E-state index in [-0.39, 0.29) is 13.2 Å². The van der Waals surface area contributed by atoms with Crippen LogP contribution in [0, 0.1) is 10.8 Å². The summed E-state index contributed by atoms with van der Waals surface area (Å²) in [6.45, 7) is 0.257. The van der Waals surface area contributed by atoms with Gasteiger partial charge in [0, 0.05) is 0 Å². The van der Waals surface area contributed by atoms with Crippen molar-refractivity contribution < 1.29 is 14.6 Å². The lowest BCUT2D eigenvalue weighted by atomic mass is 10.0.